The van der Waals surface area contributed by atoms with Crippen molar-refractivity contribution in [1.29, 1.82) is 0 Å². The highest BCUT2D eigenvalue weighted by molar-refractivity contribution is 9.11. The minimum absolute atomic E-state index is 0.175. The predicted octanol–water partition coefficient (Wildman–Crippen LogP) is -0.457. The number of nitrogens with one attached hydrogen (secondary N) is 1. The van der Waals surface area contributed by atoms with E-state index in [0.717, 1.165) is 0 Å². The molecule has 3 atom stereocenters. The molecule has 8 heteroatoms. The van der Waals surface area contributed by atoms with E-state index in [1.54, 1.807) is 0 Å². The first-order chi connectivity index (χ1) is 9.06. The molecule has 1 saturated heterocycles. The molecular weight excluding hydrogens is 320 g/mol. The van der Waals surface area contributed by atoms with Crippen molar-refractivity contribution in [2.45, 2.75) is 24.9 Å². The minimum Gasteiger partial charge on any atom is -0.394 e. The van der Waals surface area contributed by atoms with Gasteiger partial charge in [0.2, 0.25) is 0 Å². The summed E-state index contributed by atoms with van der Waals surface area (Å²) in [5, 5.41) is 18.7. The molecule has 1 aromatic heterocycles. The van der Waals surface area contributed by atoms with E-state index < -0.39 is 29.7 Å². The zero-order valence-corrected chi connectivity index (χ0v) is 11.4. The van der Waals surface area contributed by atoms with Crippen LogP contribution in [0.5, 0.6) is 0 Å². The Kier molecular flexibility index (Phi) is 4.35. The quantitative estimate of drug-likeness (QED) is 0.695. The molecule has 104 valence electrons. The Labute approximate surface area is 116 Å². The summed E-state index contributed by atoms with van der Waals surface area (Å²) in [5.41, 5.74) is -0.844. The van der Waals surface area contributed by atoms with Crippen LogP contribution in [-0.2, 0) is 4.74 Å². The Balaban J connectivity index is 2.38. The number of H-pyrrole nitrogens is 1. The topological polar surface area (TPSA) is 105 Å². The fraction of sp³-hybridized carbons (Fsp3) is 0.455. The van der Waals surface area contributed by atoms with E-state index in [9.17, 15) is 14.7 Å². The summed E-state index contributed by atoms with van der Waals surface area (Å²) in [6, 6.07) is 0. The number of rotatable bonds is 3. The fourth-order valence-electron chi connectivity index (χ4n) is 1.95. The first-order valence-electron chi connectivity index (χ1n) is 5.63. The molecule has 3 N–H and O–H groups in total. The first kappa shape index (κ1) is 14.2. The van der Waals surface area contributed by atoms with Gasteiger partial charge in [0.15, 0.2) is 0 Å². The van der Waals surface area contributed by atoms with E-state index >= 15 is 0 Å². The second kappa shape index (κ2) is 5.83. The van der Waals surface area contributed by atoms with Gasteiger partial charge in [-0.2, -0.15) is 0 Å². The van der Waals surface area contributed by atoms with Crippen molar-refractivity contribution in [3.63, 3.8) is 0 Å². The molecule has 0 aliphatic carbocycles. The van der Waals surface area contributed by atoms with E-state index in [0.29, 0.717) is 0 Å². The molecule has 7 nitrogen and oxygen atoms in total. The summed E-state index contributed by atoms with van der Waals surface area (Å²) in [6.07, 6.45) is 0.746. The normalized spacial score (nSPS) is 27.2. The van der Waals surface area contributed by atoms with Gasteiger partial charge in [0, 0.05) is 12.6 Å². The second-order valence-corrected chi connectivity index (χ2v) is 4.69. The van der Waals surface area contributed by atoms with Crippen molar-refractivity contribution in [2.75, 3.05) is 6.61 Å². The molecular formula is C11H13BrN2O5. The zero-order valence-electron chi connectivity index (χ0n) is 9.82. The van der Waals surface area contributed by atoms with Gasteiger partial charge in [0.25, 0.3) is 5.56 Å². The number of aliphatic hydroxyl groups is 2. The number of aromatic amines is 1. The Morgan fingerprint density at radius 3 is 2.89 bits per heavy atom. The van der Waals surface area contributed by atoms with E-state index in [4.69, 9.17) is 9.84 Å². The molecule has 1 aliphatic heterocycles. The summed E-state index contributed by atoms with van der Waals surface area (Å²) in [4.78, 5) is 26.9. The SMILES string of the molecule is O=c1[nH]c(=O)n([C@H]2C[C@@H](O)[C@H](CO)O2)cc1/C=C/Br. The summed E-state index contributed by atoms with van der Waals surface area (Å²) in [6.45, 7) is -0.329. The van der Waals surface area contributed by atoms with E-state index in [1.165, 1.54) is 21.8 Å². The van der Waals surface area contributed by atoms with Crippen LogP contribution in [0.2, 0.25) is 0 Å². The molecule has 2 heterocycles. The number of aliphatic hydroxyl groups excluding tert-OH is 2. The molecule has 0 unspecified atom stereocenters. The van der Waals surface area contributed by atoms with E-state index in [2.05, 4.69) is 20.9 Å². The molecule has 0 radical (unpaired) electrons. The minimum atomic E-state index is -0.844. The maximum atomic E-state index is 11.7. The van der Waals surface area contributed by atoms with Gasteiger partial charge in [-0.1, -0.05) is 15.9 Å². The third kappa shape index (κ3) is 2.86. The number of ether oxygens (including phenoxy) is 1. The average molecular weight is 333 g/mol. The largest absolute Gasteiger partial charge is 0.394 e. The lowest BCUT2D eigenvalue weighted by Crippen LogP contribution is -2.33. The van der Waals surface area contributed by atoms with Crippen LogP contribution in [0.1, 0.15) is 18.2 Å². The molecule has 0 aromatic carbocycles. The van der Waals surface area contributed by atoms with Gasteiger partial charge >= 0.3 is 5.69 Å². The van der Waals surface area contributed by atoms with Crippen molar-refractivity contribution in [3.05, 3.63) is 37.6 Å². The summed E-state index contributed by atoms with van der Waals surface area (Å²) in [7, 11) is 0. The number of hydrogen-bond acceptors (Lipinski definition) is 5. The molecule has 1 aliphatic rings. The molecule has 1 fully saturated rings. The lowest BCUT2D eigenvalue weighted by molar-refractivity contribution is -0.0459. The van der Waals surface area contributed by atoms with Gasteiger partial charge in [0.1, 0.15) is 12.3 Å². The third-order valence-electron chi connectivity index (χ3n) is 2.93. The molecule has 2 rings (SSSR count). The van der Waals surface area contributed by atoms with Crippen molar-refractivity contribution in [2.24, 2.45) is 0 Å². The first-order valence-corrected chi connectivity index (χ1v) is 6.55. The molecule has 0 bridgehead atoms. The van der Waals surface area contributed by atoms with Crippen LogP contribution in [0.4, 0.5) is 0 Å². The van der Waals surface area contributed by atoms with Crippen LogP contribution in [0.15, 0.2) is 20.8 Å². The number of aromatic nitrogens is 2. The highest BCUT2D eigenvalue weighted by atomic mass is 79.9. The smallest absolute Gasteiger partial charge is 0.330 e. The maximum Gasteiger partial charge on any atom is 0.330 e. The predicted molar refractivity (Wildman–Crippen MR) is 70.9 cm³/mol. The Morgan fingerprint density at radius 1 is 1.58 bits per heavy atom. The third-order valence-corrected chi connectivity index (χ3v) is 3.20. The van der Waals surface area contributed by atoms with E-state index in [1.807, 2.05) is 0 Å². The van der Waals surface area contributed by atoms with Crippen LogP contribution in [0.3, 0.4) is 0 Å². The molecule has 0 saturated carbocycles. The van der Waals surface area contributed by atoms with Gasteiger partial charge < -0.3 is 14.9 Å². The monoisotopic (exact) mass is 332 g/mol. The molecule has 1 aromatic rings. The Morgan fingerprint density at radius 2 is 2.32 bits per heavy atom. The van der Waals surface area contributed by atoms with Crippen LogP contribution < -0.4 is 11.2 Å². The summed E-state index contributed by atoms with van der Waals surface area (Å²) < 4.78 is 6.56. The Bertz CT molecular complexity index is 593. The van der Waals surface area contributed by atoms with Gasteiger partial charge in [0.05, 0.1) is 18.3 Å². The highest BCUT2D eigenvalue weighted by Crippen LogP contribution is 2.27. The molecule has 0 spiro atoms. The zero-order chi connectivity index (χ0) is 14.0. The maximum absolute atomic E-state index is 11.7. The average Bonchev–Trinajstić information content (AvgIpc) is 2.74. The van der Waals surface area contributed by atoms with Crippen LogP contribution in [0, 0.1) is 0 Å². The second-order valence-electron chi connectivity index (χ2n) is 4.16. The van der Waals surface area contributed by atoms with Crippen molar-refractivity contribution in [1.82, 2.24) is 9.55 Å². The standard InChI is InChI=1S/C11H13BrN2O5/c12-2-1-6-4-14(11(18)13-10(6)17)9-3-7(16)8(5-15)19-9/h1-2,4,7-9,15-16H,3,5H2,(H,13,17,18)/b2-1+/t7-,8+,9-/m1/s1. The van der Waals surface area contributed by atoms with Crippen LogP contribution in [-0.4, -0.2) is 38.6 Å². The molecule has 19 heavy (non-hydrogen) atoms. The van der Waals surface area contributed by atoms with Gasteiger partial charge in [-0.25, -0.2) is 4.79 Å². The molecule has 0 amide bonds. The van der Waals surface area contributed by atoms with Crippen LogP contribution >= 0.6 is 15.9 Å². The summed E-state index contributed by atoms with van der Waals surface area (Å²) in [5.74, 6) is 0. The lowest BCUT2D eigenvalue weighted by atomic mass is 10.2. The fourth-order valence-corrected chi connectivity index (χ4v) is 2.24. The van der Waals surface area contributed by atoms with E-state index in [-0.39, 0.29) is 18.6 Å². The van der Waals surface area contributed by atoms with Crippen molar-refractivity contribution >= 4 is 22.0 Å². The lowest BCUT2D eigenvalue weighted by Gasteiger charge is -2.14. The Hall–Kier alpha value is -1.22. The van der Waals surface area contributed by atoms with Gasteiger partial charge in [-0.05, 0) is 11.1 Å². The van der Waals surface area contributed by atoms with Crippen molar-refractivity contribution in [3.8, 4) is 0 Å². The highest BCUT2D eigenvalue weighted by Gasteiger charge is 2.35. The van der Waals surface area contributed by atoms with Crippen LogP contribution in [0.25, 0.3) is 6.08 Å². The number of hydrogen-bond donors (Lipinski definition) is 3. The number of nitrogens with zero attached hydrogens (tertiary/aromatic N) is 1. The summed E-state index contributed by atoms with van der Waals surface area (Å²) >= 11 is 3.05. The van der Waals surface area contributed by atoms with Gasteiger partial charge in [-0.3, -0.25) is 14.3 Å². The van der Waals surface area contributed by atoms with Crippen molar-refractivity contribution < 1.29 is 14.9 Å². The number of halogens is 1. The van der Waals surface area contributed by atoms with Gasteiger partial charge in [-0.15, -0.1) is 0 Å².